The standard InChI is InChI=1S/C20H20F3NO4S/c21-20(22,23)13-26-11-15-3-1-14(2-4-15)10-24-19(25)12-29-16-5-6-17-18(9-16)28-8-7-27-17/h1-6,9H,7-8,10-13H2,(H,24,25). The molecule has 0 saturated carbocycles. The van der Waals surface area contributed by atoms with Crippen LogP contribution in [0.3, 0.4) is 0 Å². The van der Waals surface area contributed by atoms with Crippen molar-refractivity contribution in [2.24, 2.45) is 0 Å². The minimum Gasteiger partial charge on any atom is -0.486 e. The number of ether oxygens (including phenoxy) is 3. The Labute approximate surface area is 170 Å². The van der Waals surface area contributed by atoms with Crippen molar-refractivity contribution in [3.63, 3.8) is 0 Å². The van der Waals surface area contributed by atoms with Gasteiger partial charge in [0.25, 0.3) is 0 Å². The smallest absolute Gasteiger partial charge is 0.411 e. The lowest BCUT2D eigenvalue weighted by atomic mass is 10.1. The molecule has 1 heterocycles. The van der Waals surface area contributed by atoms with Crippen LogP contribution in [-0.4, -0.2) is 37.7 Å². The maximum atomic E-state index is 12.1. The van der Waals surface area contributed by atoms with Crippen LogP contribution >= 0.6 is 11.8 Å². The van der Waals surface area contributed by atoms with Crippen molar-refractivity contribution in [2.75, 3.05) is 25.6 Å². The molecule has 2 aromatic rings. The molecule has 5 nitrogen and oxygen atoms in total. The summed E-state index contributed by atoms with van der Waals surface area (Å²) in [7, 11) is 0. The van der Waals surface area contributed by atoms with E-state index in [1.54, 1.807) is 24.3 Å². The third-order valence-corrected chi connectivity index (χ3v) is 4.92. The molecule has 0 saturated heterocycles. The highest BCUT2D eigenvalue weighted by Gasteiger charge is 2.27. The van der Waals surface area contributed by atoms with Gasteiger partial charge < -0.3 is 19.5 Å². The van der Waals surface area contributed by atoms with E-state index in [2.05, 4.69) is 10.1 Å². The molecule has 1 N–H and O–H groups in total. The molecule has 1 aliphatic heterocycles. The molecular formula is C20H20F3NO4S. The normalized spacial score (nSPS) is 13.2. The van der Waals surface area contributed by atoms with E-state index in [9.17, 15) is 18.0 Å². The molecular weight excluding hydrogens is 407 g/mol. The monoisotopic (exact) mass is 427 g/mol. The molecule has 3 rings (SSSR count). The summed E-state index contributed by atoms with van der Waals surface area (Å²) in [6.45, 7) is -0.00725. The fraction of sp³-hybridized carbons (Fsp3) is 0.350. The van der Waals surface area contributed by atoms with Gasteiger partial charge >= 0.3 is 6.18 Å². The summed E-state index contributed by atoms with van der Waals surface area (Å²) >= 11 is 1.39. The predicted octanol–water partition coefficient (Wildman–Crippen LogP) is 3.95. The summed E-state index contributed by atoms with van der Waals surface area (Å²) in [4.78, 5) is 13.0. The highest BCUT2D eigenvalue weighted by atomic mass is 32.2. The molecule has 0 spiro atoms. The second kappa shape index (κ2) is 9.89. The Morgan fingerprint density at radius 1 is 1.03 bits per heavy atom. The van der Waals surface area contributed by atoms with Crippen LogP contribution in [0.2, 0.25) is 0 Å². The van der Waals surface area contributed by atoms with Crippen molar-refractivity contribution in [1.29, 1.82) is 0 Å². The fourth-order valence-electron chi connectivity index (χ4n) is 2.55. The van der Waals surface area contributed by atoms with E-state index in [0.717, 1.165) is 10.5 Å². The largest absolute Gasteiger partial charge is 0.486 e. The molecule has 0 aliphatic carbocycles. The summed E-state index contributed by atoms with van der Waals surface area (Å²) in [5.74, 6) is 1.52. The molecule has 0 fully saturated rings. The van der Waals surface area contributed by atoms with Crippen LogP contribution in [0.4, 0.5) is 13.2 Å². The topological polar surface area (TPSA) is 56.8 Å². The zero-order valence-corrected chi connectivity index (χ0v) is 16.3. The number of nitrogens with one attached hydrogen (secondary N) is 1. The first kappa shape index (κ1) is 21.3. The summed E-state index contributed by atoms with van der Waals surface area (Å²) in [5, 5.41) is 2.82. The van der Waals surface area contributed by atoms with Gasteiger partial charge in [0.15, 0.2) is 11.5 Å². The number of carbonyl (C=O) groups excluding carboxylic acids is 1. The van der Waals surface area contributed by atoms with Gasteiger partial charge in [-0.25, -0.2) is 0 Å². The molecule has 29 heavy (non-hydrogen) atoms. The van der Waals surface area contributed by atoms with Crippen molar-refractivity contribution in [1.82, 2.24) is 5.32 Å². The third kappa shape index (κ3) is 7.17. The number of benzene rings is 2. The lowest BCUT2D eigenvalue weighted by Gasteiger charge is -2.18. The van der Waals surface area contributed by atoms with Crippen LogP contribution in [0.15, 0.2) is 47.4 Å². The Kier molecular flexibility index (Phi) is 7.27. The molecule has 0 unspecified atom stereocenters. The van der Waals surface area contributed by atoms with Crippen LogP contribution in [0.1, 0.15) is 11.1 Å². The number of amides is 1. The highest BCUT2D eigenvalue weighted by molar-refractivity contribution is 8.00. The summed E-state index contributed by atoms with van der Waals surface area (Å²) in [6.07, 6.45) is -4.33. The van der Waals surface area contributed by atoms with E-state index < -0.39 is 12.8 Å². The summed E-state index contributed by atoms with van der Waals surface area (Å²) in [5.41, 5.74) is 1.49. The zero-order chi connectivity index (χ0) is 20.7. The molecule has 0 atom stereocenters. The Morgan fingerprint density at radius 3 is 2.45 bits per heavy atom. The van der Waals surface area contributed by atoms with Crippen LogP contribution in [0, 0.1) is 0 Å². The average molecular weight is 427 g/mol. The lowest BCUT2D eigenvalue weighted by molar-refractivity contribution is -0.176. The van der Waals surface area contributed by atoms with Gasteiger partial charge in [-0.15, -0.1) is 11.8 Å². The van der Waals surface area contributed by atoms with Gasteiger partial charge in [0.1, 0.15) is 19.8 Å². The molecule has 0 aromatic heterocycles. The van der Waals surface area contributed by atoms with Gasteiger partial charge in [-0.1, -0.05) is 24.3 Å². The first-order valence-electron chi connectivity index (χ1n) is 8.90. The SMILES string of the molecule is O=C(CSc1ccc2c(c1)OCCO2)NCc1ccc(COCC(F)(F)F)cc1. The summed E-state index contributed by atoms with van der Waals surface area (Å²) in [6, 6.07) is 12.4. The second-order valence-electron chi connectivity index (χ2n) is 6.30. The number of thioether (sulfide) groups is 1. The number of hydrogen-bond donors (Lipinski definition) is 1. The number of carbonyl (C=O) groups is 1. The predicted molar refractivity (Wildman–Crippen MR) is 102 cm³/mol. The molecule has 2 aromatic carbocycles. The minimum atomic E-state index is -4.33. The van der Waals surface area contributed by atoms with Crippen molar-refractivity contribution in [3.8, 4) is 11.5 Å². The molecule has 1 aliphatic rings. The van der Waals surface area contributed by atoms with Crippen molar-refractivity contribution >= 4 is 17.7 Å². The Hall–Kier alpha value is -2.39. The average Bonchev–Trinajstić information content (AvgIpc) is 2.70. The van der Waals surface area contributed by atoms with Gasteiger partial charge in [-0.05, 0) is 29.3 Å². The Bertz CT molecular complexity index is 827. The van der Waals surface area contributed by atoms with E-state index in [1.807, 2.05) is 18.2 Å². The van der Waals surface area contributed by atoms with Crippen LogP contribution < -0.4 is 14.8 Å². The minimum absolute atomic E-state index is 0.113. The third-order valence-electron chi connectivity index (χ3n) is 3.93. The van der Waals surface area contributed by atoms with Crippen LogP contribution in [0.5, 0.6) is 11.5 Å². The molecule has 0 bridgehead atoms. The fourth-order valence-corrected chi connectivity index (χ4v) is 3.31. The molecule has 1 amide bonds. The van der Waals surface area contributed by atoms with Gasteiger partial charge in [0.2, 0.25) is 5.91 Å². The van der Waals surface area contributed by atoms with Gasteiger partial charge in [0, 0.05) is 11.4 Å². The first-order chi connectivity index (χ1) is 13.9. The quantitative estimate of drug-likeness (QED) is 0.647. The molecule has 156 valence electrons. The van der Waals surface area contributed by atoms with Crippen molar-refractivity contribution < 1.29 is 32.2 Å². The maximum absolute atomic E-state index is 12.1. The van der Waals surface area contributed by atoms with E-state index in [-0.39, 0.29) is 18.3 Å². The molecule has 0 radical (unpaired) electrons. The Morgan fingerprint density at radius 2 is 1.72 bits per heavy atom. The number of alkyl halides is 3. The van der Waals surface area contributed by atoms with E-state index >= 15 is 0 Å². The van der Waals surface area contributed by atoms with E-state index in [4.69, 9.17) is 9.47 Å². The van der Waals surface area contributed by atoms with E-state index in [1.165, 1.54) is 11.8 Å². The van der Waals surface area contributed by atoms with Crippen LogP contribution in [-0.2, 0) is 22.7 Å². The highest BCUT2D eigenvalue weighted by Crippen LogP contribution is 2.34. The number of fused-ring (bicyclic) bond motifs is 1. The number of rotatable bonds is 8. The number of hydrogen-bond acceptors (Lipinski definition) is 5. The van der Waals surface area contributed by atoms with Crippen molar-refractivity contribution in [2.45, 2.75) is 24.2 Å². The lowest BCUT2D eigenvalue weighted by Crippen LogP contribution is -2.24. The Balaban J connectivity index is 1.39. The van der Waals surface area contributed by atoms with E-state index in [0.29, 0.717) is 36.8 Å². The van der Waals surface area contributed by atoms with Crippen molar-refractivity contribution in [3.05, 3.63) is 53.6 Å². The summed E-state index contributed by atoms with van der Waals surface area (Å²) < 4.78 is 51.8. The number of halogens is 3. The maximum Gasteiger partial charge on any atom is 0.411 e. The van der Waals surface area contributed by atoms with Gasteiger partial charge in [-0.3, -0.25) is 4.79 Å². The van der Waals surface area contributed by atoms with Crippen LogP contribution in [0.25, 0.3) is 0 Å². The van der Waals surface area contributed by atoms with Gasteiger partial charge in [0.05, 0.1) is 12.4 Å². The first-order valence-corrected chi connectivity index (χ1v) is 9.89. The second-order valence-corrected chi connectivity index (χ2v) is 7.34. The van der Waals surface area contributed by atoms with Gasteiger partial charge in [-0.2, -0.15) is 13.2 Å². The zero-order valence-electron chi connectivity index (χ0n) is 15.5. The molecule has 9 heteroatoms.